The Morgan fingerprint density at radius 1 is 0.964 bits per heavy atom. The van der Waals surface area contributed by atoms with Crippen LogP contribution in [0, 0.1) is 6.92 Å². The van der Waals surface area contributed by atoms with Crippen molar-refractivity contribution in [2.24, 2.45) is 0 Å². The Balaban J connectivity index is 1.66. The molecule has 0 bridgehead atoms. The highest BCUT2D eigenvalue weighted by Crippen LogP contribution is 2.44. The lowest BCUT2D eigenvalue weighted by Crippen LogP contribution is -2.47. The summed E-state index contributed by atoms with van der Waals surface area (Å²) in [6, 6.07) is 25.1. The maximum atomic E-state index is 9.98. The van der Waals surface area contributed by atoms with E-state index in [1.165, 1.54) is 27.6 Å². The van der Waals surface area contributed by atoms with Gasteiger partial charge in [-0.2, -0.15) is 0 Å². The fourth-order valence-electron chi connectivity index (χ4n) is 4.28. The molecule has 0 atom stereocenters. The number of phenolic OH excluding ortho intramolecular Hbond substituents is 1. The second-order valence-corrected chi connectivity index (χ2v) is 7.75. The van der Waals surface area contributed by atoms with Crippen molar-refractivity contribution in [1.29, 1.82) is 0 Å². The number of ether oxygens (including phenoxy) is 1. The Kier molecular flexibility index (Phi) is 3.99. The molecule has 1 saturated heterocycles. The molecule has 1 N–H and O–H groups in total. The van der Waals surface area contributed by atoms with E-state index in [-0.39, 0.29) is 5.41 Å². The fraction of sp³-hybridized carbons (Fsp3) is 0.200. The number of aryl methyl sites for hydroxylation is 1. The van der Waals surface area contributed by atoms with Crippen molar-refractivity contribution in [3.8, 4) is 5.75 Å². The highest BCUT2D eigenvalue weighted by Gasteiger charge is 2.44. The molecular weight excluding hydrogens is 346 g/mol. The summed E-state index contributed by atoms with van der Waals surface area (Å²) in [6.45, 7) is 4.12. The molecule has 140 valence electrons. The zero-order valence-corrected chi connectivity index (χ0v) is 15.9. The smallest absolute Gasteiger partial charge is 0.118 e. The number of phenols is 1. The molecule has 3 aromatic carbocycles. The minimum absolute atomic E-state index is 0.167. The van der Waals surface area contributed by atoms with Gasteiger partial charge in [-0.05, 0) is 41.3 Å². The number of aromatic hydroxyl groups is 1. The highest BCUT2D eigenvalue weighted by atomic mass is 16.5. The van der Waals surface area contributed by atoms with Gasteiger partial charge < -0.3 is 14.4 Å². The Hall–Kier alpha value is -3.04. The van der Waals surface area contributed by atoms with E-state index in [1.807, 2.05) is 13.0 Å². The summed E-state index contributed by atoms with van der Waals surface area (Å²) < 4.78 is 8.06. The first-order valence-corrected chi connectivity index (χ1v) is 9.67. The van der Waals surface area contributed by atoms with E-state index in [2.05, 4.69) is 71.4 Å². The third-order valence-corrected chi connectivity index (χ3v) is 5.95. The van der Waals surface area contributed by atoms with Crippen LogP contribution in [0.5, 0.6) is 5.75 Å². The van der Waals surface area contributed by atoms with E-state index >= 15 is 0 Å². The molecule has 0 unspecified atom stereocenters. The van der Waals surface area contributed by atoms with Crippen LogP contribution in [0.2, 0.25) is 0 Å². The molecule has 1 fully saturated rings. The van der Waals surface area contributed by atoms with E-state index in [9.17, 15) is 5.11 Å². The molecule has 1 aliphatic rings. The number of hydrogen-bond acceptors (Lipinski definition) is 2. The van der Waals surface area contributed by atoms with Crippen molar-refractivity contribution in [3.05, 3.63) is 101 Å². The summed E-state index contributed by atoms with van der Waals surface area (Å²) in [5, 5.41) is 11.2. The van der Waals surface area contributed by atoms with Crippen LogP contribution in [-0.2, 0) is 16.7 Å². The van der Waals surface area contributed by atoms with Crippen LogP contribution in [0.3, 0.4) is 0 Å². The summed E-state index contributed by atoms with van der Waals surface area (Å²) >= 11 is 0. The molecule has 5 rings (SSSR count). The molecular formula is C25H23NO2. The van der Waals surface area contributed by atoms with Gasteiger partial charge in [0.15, 0.2) is 0 Å². The molecule has 28 heavy (non-hydrogen) atoms. The predicted molar refractivity (Wildman–Crippen MR) is 112 cm³/mol. The second-order valence-electron chi connectivity index (χ2n) is 7.75. The average molecular weight is 369 g/mol. The highest BCUT2D eigenvalue weighted by molar-refractivity contribution is 5.86. The van der Waals surface area contributed by atoms with Gasteiger partial charge in [0, 0.05) is 23.6 Å². The van der Waals surface area contributed by atoms with Crippen molar-refractivity contribution in [1.82, 2.24) is 4.57 Å². The zero-order valence-electron chi connectivity index (χ0n) is 15.9. The van der Waals surface area contributed by atoms with Crippen molar-refractivity contribution in [3.63, 3.8) is 0 Å². The van der Waals surface area contributed by atoms with E-state index in [4.69, 9.17) is 4.74 Å². The molecule has 0 amide bonds. The van der Waals surface area contributed by atoms with Crippen LogP contribution >= 0.6 is 0 Å². The lowest BCUT2D eigenvalue weighted by molar-refractivity contribution is -0.0374. The molecule has 1 aliphatic heterocycles. The van der Waals surface area contributed by atoms with Gasteiger partial charge >= 0.3 is 0 Å². The summed E-state index contributed by atoms with van der Waals surface area (Å²) in [5.41, 5.74) is 5.76. The monoisotopic (exact) mass is 369 g/mol. The van der Waals surface area contributed by atoms with Crippen LogP contribution in [-0.4, -0.2) is 22.9 Å². The van der Waals surface area contributed by atoms with Crippen LogP contribution in [0.25, 0.3) is 10.9 Å². The molecule has 0 radical (unpaired) electrons. The second kappa shape index (κ2) is 6.54. The quantitative estimate of drug-likeness (QED) is 0.548. The third-order valence-electron chi connectivity index (χ3n) is 5.95. The topological polar surface area (TPSA) is 34.4 Å². The molecule has 0 spiro atoms. The zero-order chi connectivity index (χ0) is 19.1. The Morgan fingerprint density at radius 2 is 1.71 bits per heavy atom. The standard InChI is InChI=1S/C25H23NO2/c1-18-13-20(11-12-24(18)27)25(16-28-17-25)22-15-26(14-19-7-3-2-4-8-19)23-10-6-5-9-21(22)23/h2-13,15,27H,14,16-17H2,1H3. The Morgan fingerprint density at radius 3 is 2.43 bits per heavy atom. The third kappa shape index (κ3) is 2.62. The van der Waals surface area contributed by atoms with Crippen molar-refractivity contribution in [2.45, 2.75) is 18.9 Å². The first-order chi connectivity index (χ1) is 13.7. The average Bonchev–Trinajstić information content (AvgIpc) is 3.04. The molecule has 0 saturated carbocycles. The number of nitrogens with zero attached hydrogens (tertiary/aromatic N) is 1. The predicted octanol–water partition coefficient (Wildman–Crippen LogP) is 5.02. The van der Waals surface area contributed by atoms with Crippen molar-refractivity contribution >= 4 is 10.9 Å². The summed E-state index contributed by atoms with van der Waals surface area (Å²) in [7, 11) is 0. The van der Waals surface area contributed by atoms with Gasteiger partial charge in [0.2, 0.25) is 0 Å². The minimum atomic E-state index is -0.167. The largest absolute Gasteiger partial charge is 0.508 e. The molecule has 0 aliphatic carbocycles. The van der Waals surface area contributed by atoms with Gasteiger partial charge in [0.05, 0.1) is 18.6 Å². The number of aromatic nitrogens is 1. The lowest BCUT2D eigenvalue weighted by atomic mass is 9.72. The van der Waals surface area contributed by atoms with Crippen LogP contribution in [0.4, 0.5) is 0 Å². The van der Waals surface area contributed by atoms with Crippen LogP contribution in [0.1, 0.15) is 22.3 Å². The maximum Gasteiger partial charge on any atom is 0.118 e. The number of para-hydroxylation sites is 1. The number of benzene rings is 3. The molecule has 4 aromatic rings. The Bertz CT molecular complexity index is 1140. The summed E-state index contributed by atoms with van der Waals surface area (Å²) in [6.07, 6.45) is 2.29. The first-order valence-electron chi connectivity index (χ1n) is 9.67. The molecule has 2 heterocycles. The van der Waals surface area contributed by atoms with Crippen molar-refractivity contribution < 1.29 is 9.84 Å². The number of rotatable bonds is 4. The van der Waals surface area contributed by atoms with Crippen LogP contribution in [0.15, 0.2) is 79.0 Å². The fourth-order valence-corrected chi connectivity index (χ4v) is 4.28. The molecule has 3 nitrogen and oxygen atoms in total. The van der Waals surface area contributed by atoms with Gasteiger partial charge in [-0.15, -0.1) is 0 Å². The minimum Gasteiger partial charge on any atom is -0.508 e. The Labute approximate surface area is 164 Å². The SMILES string of the molecule is Cc1cc(C2(c3cn(Cc4ccccc4)c4ccccc34)COC2)ccc1O. The summed E-state index contributed by atoms with van der Waals surface area (Å²) in [4.78, 5) is 0. The molecule has 1 aromatic heterocycles. The van der Waals surface area contributed by atoms with Gasteiger partial charge in [-0.25, -0.2) is 0 Å². The van der Waals surface area contributed by atoms with Crippen molar-refractivity contribution in [2.75, 3.05) is 13.2 Å². The van der Waals surface area contributed by atoms with Gasteiger partial charge in [-0.3, -0.25) is 0 Å². The van der Waals surface area contributed by atoms with E-state index in [1.54, 1.807) is 6.07 Å². The van der Waals surface area contributed by atoms with E-state index < -0.39 is 0 Å². The van der Waals surface area contributed by atoms with Gasteiger partial charge in [0.1, 0.15) is 5.75 Å². The van der Waals surface area contributed by atoms with E-state index in [0.29, 0.717) is 19.0 Å². The number of fused-ring (bicyclic) bond motifs is 1. The lowest BCUT2D eigenvalue weighted by Gasteiger charge is -2.42. The first kappa shape index (κ1) is 17.1. The van der Waals surface area contributed by atoms with Gasteiger partial charge in [-0.1, -0.05) is 60.7 Å². The maximum absolute atomic E-state index is 9.98. The number of hydrogen-bond donors (Lipinski definition) is 1. The van der Waals surface area contributed by atoms with Gasteiger partial charge in [0.25, 0.3) is 0 Å². The normalized spacial score (nSPS) is 15.5. The molecule has 3 heteroatoms. The summed E-state index contributed by atoms with van der Waals surface area (Å²) in [5.74, 6) is 0.339. The van der Waals surface area contributed by atoms with E-state index in [0.717, 1.165) is 12.1 Å². The van der Waals surface area contributed by atoms with Crippen LogP contribution < -0.4 is 0 Å².